The Labute approximate surface area is 47.2 Å². The van der Waals surface area contributed by atoms with E-state index in [9.17, 15) is 0 Å². The Morgan fingerprint density at radius 2 is 2.75 bits per heavy atom. The van der Waals surface area contributed by atoms with Gasteiger partial charge in [0.05, 0.1) is 7.11 Å². The van der Waals surface area contributed by atoms with E-state index < -0.39 is 0 Å². The first-order valence-corrected chi connectivity index (χ1v) is 2.34. The predicted molar refractivity (Wildman–Crippen MR) is 28.4 cm³/mol. The van der Waals surface area contributed by atoms with Crippen LogP contribution in [0, 0.1) is 0 Å². The summed E-state index contributed by atoms with van der Waals surface area (Å²) in [5.41, 5.74) is 5.41. The van der Waals surface area contributed by atoms with Gasteiger partial charge >= 0.3 is 0 Å². The van der Waals surface area contributed by atoms with Gasteiger partial charge in [0.25, 0.3) is 0 Å². The van der Waals surface area contributed by atoms with Crippen LogP contribution >= 0.6 is 0 Å². The average Bonchev–Trinajstić information content (AvgIpc) is 2.14. The Morgan fingerprint density at radius 3 is 3.00 bits per heavy atom. The molecule has 8 heavy (non-hydrogen) atoms. The molecule has 1 atom stereocenters. The first kappa shape index (κ1) is 5.37. The highest BCUT2D eigenvalue weighted by Gasteiger charge is 2.18. The van der Waals surface area contributed by atoms with Gasteiger partial charge in [-0.2, -0.15) is 0 Å². The quantitative estimate of drug-likeness (QED) is 0.455. The number of hydrogen-bond acceptors (Lipinski definition) is 4. The third-order valence-corrected chi connectivity index (χ3v) is 0.935. The van der Waals surface area contributed by atoms with Crippen LogP contribution in [0.3, 0.4) is 0 Å². The Kier molecular flexibility index (Phi) is 1.34. The van der Waals surface area contributed by atoms with E-state index in [0.717, 1.165) is 0 Å². The van der Waals surface area contributed by atoms with Crippen molar-refractivity contribution in [3.8, 4) is 0 Å². The maximum atomic E-state index is 5.41. The summed E-state index contributed by atoms with van der Waals surface area (Å²) in [4.78, 5) is 4.60. The van der Waals surface area contributed by atoms with Crippen molar-refractivity contribution in [2.45, 2.75) is 6.04 Å². The number of ether oxygens (including phenoxy) is 1. The Bertz CT molecular complexity index is 113. The van der Waals surface area contributed by atoms with Crippen LogP contribution in [0.2, 0.25) is 0 Å². The van der Waals surface area contributed by atoms with Crippen LogP contribution in [0.4, 0.5) is 0 Å². The van der Waals surface area contributed by atoms with Gasteiger partial charge in [-0.15, -0.1) is 0 Å². The van der Waals surface area contributed by atoms with E-state index in [1.807, 2.05) is 0 Å². The molecule has 1 heterocycles. The third-order valence-electron chi connectivity index (χ3n) is 0.935. The number of oxime groups is 1. The van der Waals surface area contributed by atoms with E-state index in [2.05, 4.69) is 9.99 Å². The molecular formula is C4H8N2O2. The fourth-order valence-corrected chi connectivity index (χ4v) is 0.509. The molecule has 1 aliphatic rings. The topological polar surface area (TPSA) is 56.8 Å². The summed E-state index contributed by atoms with van der Waals surface area (Å²) in [7, 11) is 1.52. The second-order valence-corrected chi connectivity index (χ2v) is 1.54. The van der Waals surface area contributed by atoms with Crippen molar-refractivity contribution in [2.75, 3.05) is 13.7 Å². The van der Waals surface area contributed by atoms with E-state index in [1.165, 1.54) is 7.11 Å². The van der Waals surface area contributed by atoms with Crippen LogP contribution in [0.5, 0.6) is 0 Å². The zero-order chi connectivity index (χ0) is 5.98. The lowest BCUT2D eigenvalue weighted by atomic mass is 10.3. The van der Waals surface area contributed by atoms with Gasteiger partial charge in [-0.05, 0) is 0 Å². The Balaban J connectivity index is 2.49. The number of methoxy groups -OCH3 is 1. The van der Waals surface area contributed by atoms with E-state index in [4.69, 9.17) is 10.5 Å². The number of nitrogens with two attached hydrogens (primary N) is 1. The minimum atomic E-state index is -0.167. The highest BCUT2D eigenvalue weighted by atomic mass is 16.7. The molecule has 4 heteroatoms. The lowest BCUT2D eigenvalue weighted by Crippen LogP contribution is -2.30. The first-order chi connectivity index (χ1) is 3.84. The summed E-state index contributed by atoms with van der Waals surface area (Å²) >= 11 is 0. The standard InChI is InChI=1S/C4H8N2O2/c1-7-4-3(5)2-8-6-4/h3H,2,5H2,1H3/t3-/m1/s1. The van der Waals surface area contributed by atoms with Crippen molar-refractivity contribution in [3.63, 3.8) is 0 Å². The number of hydrogen-bond donors (Lipinski definition) is 1. The van der Waals surface area contributed by atoms with Gasteiger partial charge in [-0.3, -0.25) is 0 Å². The molecule has 0 amide bonds. The van der Waals surface area contributed by atoms with Gasteiger partial charge in [-0.25, -0.2) is 0 Å². The largest absolute Gasteiger partial charge is 0.481 e. The normalized spacial score (nSPS) is 26.8. The molecule has 4 nitrogen and oxygen atoms in total. The molecule has 0 aliphatic carbocycles. The predicted octanol–water partition coefficient (Wildman–Crippen LogP) is -0.696. The lowest BCUT2D eigenvalue weighted by molar-refractivity contribution is 0.166. The second kappa shape index (κ2) is 2.00. The molecule has 0 saturated carbocycles. The SMILES string of the molecule is COC1=NOC[C@H]1N. The van der Waals surface area contributed by atoms with Crippen molar-refractivity contribution in [1.29, 1.82) is 0 Å². The summed E-state index contributed by atoms with van der Waals surface area (Å²) in [6, 6.07) is -0.167. The lowest BCUT2D eigenvalue weighted by Gasteiger charge is -1.98. The summed E-state index contributed by atoms with van der Waals surface area (Å²) in [6.45, 7) is 0.434. The van der Waals surface area contributed by atoms with Gasteiger partial charge in [0.1, 0.15) is 12.6 Å². The summed E-state index contributed by atoms with van der Waals surface area (Å²) in [6.07, 6.45) is 0. The fourth-order valence-electron chi connectivity index (χ4n) is 0.509. The van der Waals surface area contributed by atoms with Gasteiger partial charge in [-0.1, -0.05) is 5.16 Å². The minimum absolute atomic E-state index is 0.167. The molecule has 2 N–H and O–H groups in total. The summed E-state index contributed by atoms with van der Waals surface area (Å²) in [5, 5.41) is 3.50. The van der Waals surface area contributed by atoms with Crippen molar-refractivity contribution >= 4 is 5.90 Å². The minimum Gasteiger partial charge on any atom is -0.481 e. The number of nitrogens with zero attached hydrogens (tertiary/aromatic N) is 1. The molecule has 1 rings (SSSR count). The molecule has 0 bridgehead atoms. The van der Waals surface area contributed by atoms with Crippen molar-refractivity contribution < 1.29 is 9.57 Å². The van der Waals surface area contributed by atoms with E-state index in [-0.39, 0.29) is 6.04 Å². The van der Waals surface area contributed by atoms with E-state index in [1.54, 1.807) is 0 Å². The third kappa shape index (κ3) is 0.742. The van der Waals surface area contributed by atoms with E-state index in [0.29, 0.717) is 12.5 Å². The smallest absolute Gasteiger partial charge is 0.246 e. The Morgan fingerprint density at radius 1 is 2.00 bits per heavy atom. The van der Waals surface area contributed by atoms with Crippen molar-refractivity contribution in [3.05, 3.63) is 0 Å². The highest BCUT2D eigenvalue weighted by molar-refractivity contribution is 5.82. The highest BCUT2D eigenvalue weighted by Crippen LogP contribution is 1.97. The van der Waals surface area contributed by atoms with Gasteiger partial charge in [0.2, 0.25) is 5.90 Å². The number of rotatable bonds is 0. The molecule has 0 unspecified atom stereocenters. The molecule has 0 aromatic rings. The van der Waals surface area contributed by atoms with Crippen molar-refractivity contribution in [1.82, 2.24) is 0 Å². The molecule has 0 fully saturated rings. The monoisotopic (exact) mass is 116 g/mol. The van der Waals surface area contributed by atoms with Crippen molar-refractivity contribution in [2.24, 2.45) is 10.9 Å². The summed E-state index contributed by atoms with van der Waals surface area (Å²) in [5.74, 6) is 0.477. The van der Waals surface area contributed by atoms with Gasteiger partial charge in [0.15, 0.2) is 0 Å². The van der Waals surface area contributed by atoms with Crippen LogP contribution < -0.4 is 5.73 Å². The zero-order valence-corrected chi connectivity index (χ0v) is 4.63. The van der Waals surface area contributed by atoms with Crippen LogP contribution in [0.1, 0.15) is 0 Å². The first-order valence-electron chi connectivity index (χ1n) is 2.34. The van der Waals surface area contributed by atoms with Gasteiger partial charge in [0, 0.05) is 0 Å². The fraction of sp³-hybridized carbons (Fsp3) is 0.750. The molecule has 1 aliphatic heterocycles. The van der Waals surface area contributed by atoms with Crippen LogP contribution in [-0.4, -0.2) is 25.7 Å². The average molecular weight is 116 g/mol. The second-order valence-electron chi connectivity index (χ2n) is 1.54. The van der Waals surface area contributed by atoms with Crippen LogP contribution in [0.15, 0.2) is 5.16 Å². The van der Waals surface area contributed by atoms with Crippen LogP contribution in [0.25, 0.3) is 0 Å². The zero-order valence-electron chi connectivity index (χ0n) is 4.63. The van der Waals surface area contributed by atoms with E-state index >= 15 is 0 Å². The van der Waals surface area contributed by atoms with Gasteiger partial charge < -0.3 is 15.3 Å². The molecular weight excluding hydrogens is 108 g/mol. The molecule has 0 aromatic carbocycles. The Hall–Kier alpha value is -0.770. The molecule has 0 aromatic heterocycles. The molecule has 46 valence electrons. The maximum absolute atomic E-state index is 5.41. The molecule has 0 spiro atoms. The maximum Gasteiger partial charge on any atom is 0.246 e. The summed E-state index contributed by atoms with van der Waals surface area (Å²) < 4.78 is 4.72. The van der Waals surface area contributed by atoms with Crippen LogP contribution in [-0.2, 0) is 9.57 Å². The molecule has 0 saturated heterocycles. The molecule has 0 radical (unpaired) electrons.